The Balaban J connectivity index is 2.53. The molecule has 2 aromatic rings. The Hall–Kier alpha value is -3.05. The van der Waals surface area contributed by atoms with Gasteiger partial charge in [0.05, 0.1) is 11.3 Å². The monoisotopic (exact) mass is 304 g/mol. The van der Waals surface area contributed by atoms with Crippen LogP contribution >= 0.6 is 0 Å². The van der Waals surface area contributed by atoms with Crippen LogP contribution in [0.25, 0.3) is 0 Å². The number of aromatic nitrogens is 1. The fraction of sp³-hybridized carbons (Fsp3) is 0.0714. The predicted octanol–water partition coefficient (Wildman–Crippen LogP) is 2.40. The zero-order valence-electron chi connectivity index (χ0n) is 11.3. The maximum atomic E-state index is 13.8. The maximum Gasteiger partial charge on any atom is 0.278 e. The summed E-state index contributed by atoms with van der Waals surface area (Å²) >= 11 is 0. The zero-order valence-corrected chi connectivity index (χ0v) is 11.3. The van der Waals surface area contributed by atoms with Crippen LogP contribution in [-0.2, 0) is 0 Å². The van der Waals surface area contributed by atoms with Crippen molar-refractivity contribution < 1.29 is 18.8 Å². The smallest absolute Gasteiger partial charge is 0.278 e. The molecule has 0 saturated carbocycles. The van der Waals surface area contributed by atoms with E-state index in [0.717, 1.165) is 6.07 Å². The zero-order chi connectivity index (χ0) is 16.3. The van der Waals surface area contributed by atoms with Crippen molar-refractivity contribution in [3.8, 4) is 6.07 Å². The average molecular weight is 304 g/mol. The van der Waals surface area contributed by atoms with Crippen LogP contribution < -0.4 is 10.8 Å². The third-order valence-electron chi connectivity index (χ3n) is 2.81. The van der Waals surface area contributed by atoms with Gasteiger partial charge >= 0.3 is 0 Å². The first-order valence-electron chi connectivity index (χ1n) is 6.04. The Morgan fingerprint density at radius 3 is 2.64 bits per heavy atom. The standard InChI is InChI=1S/C14H10F2N4O2/c1-7-2-3-11(9(15)4-7)18-13-8(14(21)20-22)5-10(16)12(6-17)19-13/h2-5,22H,1H3,(H,18,19)(H,20,21). The van der Waals surface area contributed by atoms with Gasteiger partial charge in [0, 0.05) is 0 Å². The van der Waals surface area contributed by atoms with Crippen molar-refractivity contribution in [3.05, 3.63) is 52.7 Å². The highest BCUT2D eigenvalue weighted by Gasteiger charge is 2.18. The normalized spacial score (nSPS) is 9.95. The summed E-state index contributed by atoms with van der Waals surface area (Å²) in [6, 6.07) is 6.52. The third-order valence-corrected chi connectivity index (χ3v) is 2.81. The predicted molar refractivity (Wildman–Crippen MR) is 72.6 cm³/mol. The van der Waals surface area contributed by atoms with Gasteiger partial charge in [-0.2, -0.15) is 5.26 Å². The van der Waals surface area contributed by atoms with Gasteiger partial charge in [-0.1, -0.05) is 6.07 Å². The number of nitriles is 1. The van der Waals surface area contributed by atoms with Gasteiger partial charge in [-0.15, -0.1) is 0 Å². The first-order valence-corrected chi connectivity index (χ1v) is 6.04. The number of carbonyl (C=O) groups is 1. The summed E-state index contributed by atoms with van der Waals surface area (Å²) in [4.78, 5) is 15.2. The molecule has 112 valence electrons. The second-order valence-corrected chi connectivity index (χ2v) is 4.38. The van der Waals surface area contributed by atoms with Crippen LogP contribution in [0.5, 0.6) is 0 Å². The number of hydrogen-bond donors (Lipinski definition) is 3. The van der Waals surface area contributed by atoms with Gasteiger partial charge in [0.15, 0.2) is 11.5 Å². The fourth-order valence-electron chi connectivity index (χ4n) is 1.74. The van der Waals surface area contributed by atoms with Gasteiger partial charge in [-0.3, -0.25) is 10.0 Å². The van der Waals surface area contributed by atoms with E-state index in [9.17, 15) is 13.6 Å². The SMILES string of the molecule is Cc1ccc(Nc2nc(C#N)c(F)cc2C(=O)NO)c(F)c1. The highest BCUT2D eigenvalue weighted by atomic mass is 19.1. The quantitative estimate of drug-likeness (QED) is 0.597. The van der Waals surface area contributed by atoms with Gasteiger partial charge in [0.25, 0.3) is 5.91 Å². The summed E-state index contributed by atoms with van der Waals surface area (Å²) < 4.78 is 27.4. The van der Waals surface area contributed by atoms with Crippen LogP contribution in [0.2, 0.25) is 0 Å². The molecule has 0 atom stereocenters. The van der Waals surface area contributed by atoms with Crippen LogP contribution in [0.4, 0.5) is 20.3 Å². The second-order valence-electron chi connectivity index (χ2n) is 4.38. The number of carbonyl (C=O) groups excluding carboxylic acids is 1. The molecular weight excluding hydrogens is 294 g/mol. The molecule has 0 aliphatic rings. The van der Waals surface area contributed by atoms with E-state index >= 15 is 0 Å². The largest absolute Gasteiger partial charge is 0.337 e. The lowest BCUT2D eigenvalue weighted by molar-refractivity contribution is 0.0706. The molecule has 1 amide bonds. The summed E-state index contributed by atoms with van der Waals surface area (Å²) in [6.45, 7) is 1.70. The van der Waals surface area contributed by atoms with E-state index in [1.807, 2.05) is 0 Å². The maximum absolute atomic E-state index is 13.8. The van der Waals surface area contributed by atoms with Crippen LogP contribution in [0.1, 0.15) is 21.6 Å². The minimum atomic E-state index is -1.05. The van der Waals surface area contributed by atoms with Crippen molar-refractivity contribution in [2.75, 3.05) is 5.32 Å². The van der Waals surface area contributed by atoms with Crippen molar-refractivity contribution in [3.63, 3.8) is 0 Å². The molecule has 0 saturated heterocycles. The minimum Gasteiger partial charge on any atom is -0.337 e. The first kappa shape index (κ1) is 15.3. The van der Waals surface area contributed by atoms with E-state index < -0.39 is 23.2 Å². The third kappa shape index (κ3) is 2.99. The van der Waals surface area contributed by atoms with Crippen molar-refractivity contribution in [2.45, 2.75) is 6.92 Å². The Morgan fingerprint density at radius 2 is 2.05 bits per heavy atom. The number of pyridine rings is 1. The van der Waals surface area contributed by atoms with Crippen LogP contribution in [0.3, 0.4) is 0 Å². The van der Waals surface area contributed by atoms with Crippen molar-refractivity contribution >= 4 is 17.4 Å². The van der Waals surface area contributed by atoms with Crippen molar-refractivity contribution in [2.24, 2.45) is 0 Å². The highest BCUT2D eigenvalue weighted by molar-refractivity contribution is 5.98. The molecule has 1 heterocycles. The lowest BCUT2D eigenvalue weighted by Gasteiger charge is -2.11. The van der Waals surface area contributed by atoms with Gasteiger partial charge in [0.2, 0.25) is 0 Å². The lowest BCUT2D eigenvalue weighted by Crippen LogP contribution is -2.21. The van der Waals surface area contributed by atoms with Crippen LogP contribution in [0.15, 0.2) is 24.3 Å². The summed E-state index contributed by atoms with van der Waals surface area (Å²) in [5.74, 6) is -2.95. The first-order chi connectivity index (χ1) is 10.5. The van der Waals surface area contributed by atoms with Gasteiger partial charge in [-0.05, 0) is 30.7 Å². The number of benzene rings is 1. The molecule has 1 aromatic carbocycles. The van der Waals surface area contributed by atoms with E-state index in [1.165, 1.54) is 23.7 Å². The topological polar surface area (TPSA) is 98.0 Å². The number of amides is 1. The molecule has 0 spiro atoms. The van der Waals surface area contributed by atoms with Gasteiger partial charge in [-0.25, -0.2) is 19.2 Å². The molecule has 22 heavy (non-hydrogen) atoms. The highest BCUT2D eigenvalue weighted by Crippen LogP contribution is 2.24. The number of aryl methyl sites for hydroxylation is 1. The van der Waals surface area contributed by atoms with Crippen LogP contribution in [-0.4, -0.2) is 16.1 Å². The Kier molecular flexibility index (Phi) is 4.29. The molecule has 6 nitrogen and oxygen atoms in total. The second kappa shape index (κ2) is 6.15. The van der Waals surface area contributed by atoms with E-state index in [1.54, 1.807) is 13.0 Å². The number of nitrogens with one attached hydrogen (secondary N) is 2. The number of halogens is 2. The number of anilines is 2. The average Bonchev–Trinajstić information content (AvgIpc) is 2.50. The summed E-state index contributed by atoms with van der Waals surface area (Å²) in [6.07, 6.45) is 0. The molecule has 0 aliphatic carbocycles. The lowest BCUT2D eigenvalue weighted by atomic mass is 10.2. The number of rotatable bonds is 3. The number of hydrogen-bond acceptors (Lipinski definition) is 5. The molecule has 0 aliphatic heterocycles. The molecule has 0 bridgehead atoms. The molecule has 2 rings (SSSR count). The van der Waals surface area contributed by atoms with Crippen molar-refractivity contribution in [1.29, 1.82) is 5.26 Å². The number of hydroxylamine groups is 1. The Labute approximate surface area is 124 Å². The summed E-state index contributed by atoms with van der Waals surface area (Å²) in [5, 5.41) is 20.0. The Bertz CT molecular complexity index is 787. The Morgan fingerprint density at radius 1 is 1.32 bits per heavy atom. The van der Waals surface area contributed by atoms with E-state index in [0.29, 0.717) is 5.56 Å². The molecule has 3 N–H and O–H groups in total. The molecule has 1 aromatic heterocycles. The van der Waals surface area contributed by atoms with Crippen molar-refractivity contribution in [1.82, 2.24) is 10.5 Å². The van der Waals surface area contributed by atoms with E-state index in [4.69, 9.17) is 10.5 Å². The molecular formula is C14H10F2N4O2. The van der Waals surface area contributed by atoms with E-state index in [-0.39, 0.29) is 17.1 Å². The molecule has 0 radical (unpaired) electrons. The van der Waals surface area contributed by atoms with Gasteiger partial charge < -0.3 is 5.32 Å². The molecule has 0 unspecified atom stereocenters. The van der Waals surface area contributed by atoms with Crippen LogP contribution in [0, 0.1) is 29.9 Å². The minimum absolute atomic E-state index is 0.0133. The summed E-state index contributed by atoms with van der Waals surface area (Å²) in [5.41, 5.74) is 1.06. The molecule has 8 heteroatoms. The number of nitrogens with zero attached hydrogens (tertiary/aromatic N) is 2. The molecule has 0 fully saturated rings. The summed E-state index contributed by atoms with van der Waals surface area (Å²) in [7, 11) is 0. The fourth-order valence-corrected chi connectivity index (χ4v) is 1.74. The van der Waals surface area contributed by atoms with Gasteiger partial charge in [0.1, 0.15) is 17.7 Å². The van der Waals surface area contributed by atoms with E-state index in [2.05, 4.69) is 10.3 Å².